The van der Waals surface area contributed by atoms with Gasteiger partial charge < -0.3 is 29.8 Å². The van der Waals surface area contributed by atoms with Gasteiger partial charge in [0.15, 0.2) is 0 Å². The van der Waals surface area contributed by atoms with Crippen molar-refractivity contribution in [2.45, 2.75) is 278 Å². The Kier molecular flexibility index (Phi) is 54.7. The summed E-state index contributed by atoms with van der Waals surface area (Å²) in [6.45, 7) is 13.2. The van der Waals surface area contributed by atoms with Gasteiger partial charge in [0.2, 0.25) is 0 Å². The first kappa shape index (κ1) is 62.8. The van der Waals surface area contributed by atoms with Gasteiger partial charge in [-0.25, -0.2) is 0 Å². The molecule has 0 spiro atoms. The van der Waals surface area contributed by atoms with E-state index in [0.29, 0.717) is 19.6 Å². The molecule has 1 saturated heterocycles. The van der Waals surface area contributed by atoms with E-state index in [1.165, 1.54) is 206 Å². The van der Waals surface area contributed by atoms with E-state index in [2.05, 4.69) is 42.6 Å². The highest BCUT2D eigenvalue weighted by Crippen LogP contribution is 2.22. The number of aliphatic imine (C=N–C) groups is 2. The van der Waals surface area contributed by atoms with Crippen LogP contribution in [-0.4, -0.2) is 86.6 Å². The maximum atomic E-state index is 12.5. The number of likely N-dealkylation sites (tertiary alicyclic amines) is 1. The standard InChI is InChI=1S/C29H55N3O2.2C13H28O/c1-30-23-15-11-7-3-5-9-13-20-28(21-14-10-6-4-8-12-16-24-31-2)34-29(33)22-19-27-32-25-17-18-26-32;2*1-3-5-7-9-13(11-12-14)10-8-6-4-2/h23-24,28H,3-22,25-27H2,1-2H3;2*13-14H,3-12H2,1-2H3. The molecule has 0 aromatic carbocycles. The summed E-state index contributed by atoms with van der Waals surface area (Å²) in [5, 5.41) is 17.9. The fourth-order valence-electron chi connectivity index (χ4n) is 8.81. The average Bonchev–Trinajstić information content (AvgIpc) is 3.79. The van der Waals surface area contributed by atoms with E-state index in [-0.39, 0.29) is 12.1 Å². The molecular formula is C55H111N3O4. The Bertz CT molecular complexity index is 835. The SMILES string of the molecule is CCCCCC(CCO)CCCCC.CCCCCC(CCO)CCCCC.CN=CCCCCCCCCC(CCCCCCCCC=NC)OC(=O)CCCN1CCCC1. The Morgan fingerprint density at radius 2 is 0.855 bits per heavy atom. The number of carbonyl (C=O) groups excluding carboxylic acids is 1. The van der Waals surface area contributed by atoms with Gasteiger partial charge in [-0.2, -0.15) is 0 Å². The zero-order valence-corrected chi connectivity index (χ0v) is 42.8. The molecule has 0 amide bonds. The maximum absolute atomic E-state index is 12.5. The molecule has 0 bridgehead atoms. The Morgan fingerprint density at radius 1 is 0.500 bits per heavy atom. The number of aliphatic hydroxyl groups is 2. The van der Waals surface area contributed by atoms with Crippen molar-refractivity contribution in [2.24, 2.45) is 21.8 Å². The van der Waals surface area contributed by atoms with Gasteiger partial charge in [0.25, 0.3) is 0 Å². The van der Waals surface area contributed by atoms with E-state index in [4.69, 9.17) is 14.9 Å². The summed E-state index contributed by atoms with van der Waals surface area (Å²) in [6.07, 6.45) is 51.2. The maximum Gasteiger partial charge on any atom is 0.306 e. The van der Waals surface area contributed by atoms with Crippen LogP contribution in [0.3, 0.4) is 0 Å². The van der Waals surface area contributed by atoms with Crippen LogP contribution in [0.25, 0.3) is 0 Å². The first-order valence-electron chi connectivity index (χ1n) is 27.4. The molecule has 1 heterocycles. The molecule has 1 rings (SSSR count). The van der Waals surface area contributed by atoms with E-state index in [0.717, 1.165) is 63.3 Å². The Labute approximate surface area is 388 Å². The zero-order valence-electron chi connectivity index (χ0n) is 42.8. The van der Waals surface area contributed by atoms with Crippen LogP contribution in [-0.2, 0) is 9.53 Å². The number of aliphatic hydroxyl groups excluding tert-OH is 2. The van der Waals surface area contributed by atoms with E-state index in [1.54, 1.807) is 0 Å². The van der Waals surface area contributed by atoms with Gasteiger partial charge in [-0.3, -0.25) is 4.79 Å². The summed E-state index contributed by atoms with van der Waals surface area (Å²) in [5.41, 5.74) is 0. The van der Waals surface area contributed by atoms with Crippen molar-refractivity contribution in [2.75, 3.05) is 46.9 Å². The lowest BCUT2D eigenvalue weighted by Gasteiger charge is -2.19. The normalized spacial score (nSPS) is 13.6. The van der Waals surface area contributed by atoms with Gasteiger partial charge >= 0.3 is 5.97 Å². The van der Waals surface area contributed by atoms with E-state index in [9.17, 15) is 4.79 Å². The molecule has 0 aromatic heterocycles. The molecule has 0 aliphatic carbocycles. The van der Waals surface area contributed by atoms with Crippen molar-refractivity contribution in [3.8, 4) is 0 Å². The molecule has 62 heavy (non-hydrogen) atoms. The molecular weight excluding hydrogens is 767 g/mol. The highest BCUT2D eigenvalue weighted by Gasteiger charge is 2.16. The fourth-order valence-corrected chi connectivity index (χ4v) is 8.81. The summed E-state index contributed by atoms with van der Waals surface area (Å²) in [7, 11) is 3.70. The summed E-state index contributed by atoms with van der Waals surface area (Å²) in [4.78, 5) is 23.1. The Balaban J connectivity index is 0. The van der Waals surface area contributed by atoms with Crippen LogP contribution in [0.2, 0.25) is 0 Å². The summed E-state index contributed by atoms with van der Waals surface area (Å²) in [6, 6.07) is 0. The molecule has 0 aromatic rings. The van der Waals surface area contributed by atoms with Crippen LogP contribution in [0.5, 0.6) is 0 Å². The number of esters is 1. The fraction of sp³-hybridized carbons (Fsp3) is 0.945. The van der Waals surface area contributed by atoms with Crippen molar-refractivity contribution < 1.29 is 19.7 Å². The lowest BCUT2D eigenvalue weighted by atomic mass is 9.92. The van der Waals surface area contributed by atoms with Gasteiger partial charge in [0.05, 0.1) is 0 Å². The van der Waals surface area contributed by atoms with Crippen molar-refractivity contribution in [3.63, 3.8) is 0 Å². The molecule has 0 radical (unpaired) electrons. The lowest BCUT2D eigenvalue weighted by molar-refractivity contribution is -0.150. The molecule has 7 heteroatoms. The van der Waals surface area contributed by atoms with Gasteiger partial charge in [-0.1, -0.05) is 182 Å². The van der Waals surface area contributed by atoms with Crippen LogP contribution < -0.4 is 0 Å². The third kappa shape index (κ3) is 48.2. The predicted molar refractivity (Wildman–Crippen MR) is 274 cm³/mol. The zero-order chi connectivity index (χ0) is 45.8. The van der Waals surface area contributed by atoms with Crippen LogP contribution in [0.4, 0.5) is 0 Å². The van der Waals surface area contributed by atoms with Crippen LogP contribution in [0.1, 0.15) is 272 Å². The van der Waals surface area contributed by atoms with Crippen LogP contribution in [0, 0.1) is 11.8 Å². The number of carbonyl (C=O) groups is 1. The number of hydrogen-bond acceptors (Lipinski definition) is 7. The molecule has 0 unspecified atom stereocenters. The highest BCUT2D eigenvalue weighted by atomic mass is 16.5. The second kappa shape index (κ2) is 54.0. The number of unbranched alkanes of at least 4 members (excludes halogenated alkanes) is 20. The van der Waals surface area contributed by atoms with Gasteiger partial charge in [-0.15, -0.1) is 0 Å². The third-order valence-corrected chi connectivity index (χ3v) is 12.9. The van der Waals surface area contributed by atoms with Crippen LogP contribution in [0.15, 0.2) is 9.98 Å². The Morgan fingerprint density at radius 3 is 1.21 bits per heavy atom. The summed E-state index contributed by atoms with van der Waals surface area (Å²) in [5.74, 6) is 1.61. The average molecular weight is 879 g/mol. The van der Waals surface area contributed by atoms with Gasteiger partial charge in [-0.05, 0) is 127 Å². The second-order valence-corrected chi connectivity index (χ2v) is 18.8. The van der Waals surface area contributed by atoms with Gasteiger partial charge in [0, 0.05) is 33.7 Å². The predicted octanol–water partition coefficient (Wildman–Crippen LogP) is 15.7. The van der Waals surface area contributed by atoms with Gasteiger partial charge in [0.1, 0.15) is 6.10 Å². The smallest absolute Gasteiger partial charge is 0.306 e. The quantitative estimate of drug-likeness (QED) is 0.0361. The monoisotopic (exact) mass is 878 g/mol. The minimum Gasteiger partial charge on any atom is -0.462 e. The van der Waals surface area contributed by atoms with Crippen molar-refractivity contribution in [3.05, 3.63) is 0 Å². The molecule has 1 aliphatic heterocycles. The molecule has 1 fully saturated rings. The lowest BCUT2D eigenvalue weighted by Crippen LogP contribution is -2.23. The summed E-state index contributed by atoms with van der Waals surface area (Å²) < 4.78 is 5.97. The molecule has 370 valence electrons. The second-order valence-electron chi connectivity index (χ2n) is 18.8. The number of rotatable bonds is 43. The van der Waals surface area contributed by atoms with Crippen molar-refractivity contribution >= 4 is 18.4 Å². The summed E-state index contributed by atoms with van der Waals surface area (Å²) >= 11 is 0. The largest absolute Gasteiger partial charge is 0.462 e. The van der Waals surface area contributed by atoms with E-state index < -0.39 is 0 Å². The minimum atomic E-state index is 0.0272. The van der Waals surface area contributed by atoms with E-state index in [1.807, 2.05) is 26.5 Å². The highest BCUT2D eigenvalue weighted by molar-refractivity contribution is 5.69. The molecule has 0 atom stereocenters. The first-order valence-corrected chi connectivity index (χ1v) is 27.4. The first-order chi connectivity index (χ1) is 30.4. The third-order valence-electron chi connectivity index (χ3n) is 12.9. The van der Waals surface area contributed by atoms with Crippen LogP contribution >= 0.6 is 0 Å². The number of nitrogens with zero attached hydrogens (tertiary/aromatic N) is 3. The van der Waals surface area contributed by atoms with Crippen molar-refractivity contribution in [1.29, 1.82) is 0 Å². The Hall–Kier alpha value is -1.31. The minimum absolute atomic E-state index is 0.0272. The topological polar surface area (TPSA) is 94.7 Å². The van der Waals surface area contributed by atoms with E-state index >= 15 is 0 Å². The number of hydrogen-bond donors (Lipinski definition) is 2. The number of ether oxygens (including phenoxy) is 1. The molecule has 0 saturated carbocycles. The van der Waals surface area contributed by atoms with Crippen molar-refractivity contribution in [1.82, 2.24) is 4.90 Å². The molecule has 1 aliphatic rings. The molecule has 7 nitrogen and oxygen atoms in total. The molecule has 2 N–H and O–H groups in total.